The maximum absolute atomic E-state index is 13.3. The van der Waals surface area contributed by atoms with Crippen molar-refractivity contribution in [1.29, 1.82) is 0 Å². The molecule has 1 fully saturated rings. The Hall–Kier alpha value is -4.63. The third kappa shape index (κ3) is 6.48. The van der Waals surface area contributed by atoms with Crippen molar-refractivity contribution in [3.05, 3.63) is 118 Å². The summed E-state index contributed by atoms with van der Waals surface area (Å²) in [7, 11) is 1.63. The summed E-state index contributed by atoms with van der Waals surface area (Å²) in [6.45, 7) is 4.82. The summed E-state index contributed by atoms with van der Waals surface area (Å²) < 4.78 is 7.17. The number of nitrogens with one attached hydrogen (secondary N) is 3. The van der Waals surface area contributed by atoms with E-state index in [1.54, 1.807) is 13.2 Å². The lowest BCUT2D eigenvalue weighted by molar-refractivity contribution is 0.0951. The van der Waals surface area contributed by atoms with Crippen molar-refractivity contribution in [3.63, 3.8) is 0 Å². The smallest absolute Gasteiger partial charge is 0.251 e. The standard InChI is InChI=1S/C35H37N5O3S/c1-3-23-7-12-28(13-8-23)37-35(44)38-30-18-26(34(42)36-19-24-9-14-29(43-2)15-10-24)11-16-32(30)39-20-25-17-27(22-39)31-5-4-6-33(41)40(31)21-25/h4-16,18,25,27H,3,17,19-22H2,1-2H3,(H,36,42)(H2,37,38,44). The van der Waals surface area contributed by atoms with E-state index in [1.165, 1.54) is 5.56 Å². The lowest BCUT2D eigenvalue weighted by Gasteiger charge is -2.44. The topological polar surface area (TPSA) is 87.6 Å². The lowest BCUT2D eigenvalue weighted by Crippen LogP contribution is -2.47. The molecule has 0 saturated carbocycles. The first-order chi connectivity index (χ1) is 21.4. The van der Waals surface area contributed by atoms with Gasteiger partial charge >= 0.3 is 0 Å². The number of carbonyl (C=O) groups excluding carboxylic acids is 1. The number of aromatic nitrogens is 1. The van der Waals surface area contributed by atoms with E-state index in [1.807, 2.05) is 65.2 Å². The van der Waals surface area contributed by atoms with Gasteiger partial charge in [0.1, 0.15) is 5.75 Å². The zero-order valence-corrected chi connectivity index (χ0v) is 25.8. The molecule has 1 aromatic heterocycles. The molecule has 2 aliphatic heterocycles. The van der Waals surface area contributed by atoms with Crippen LogP contribution in [0.4, 0.5) is 17.1 Å². The van der Waals surface area contributed by atoms with E-state index in [9.17, 15) is 9.59 Å². The van der Waals surface area contributed by atoms with Gasteiger partial charge in [-0.25, -0.2) is 0 Å². The fourth-order valence-corrected chi connectivity index (χ4v) is 6.51. The van der Waals surface area contributed by atoms with Crippen molar-refractivity contribution in [3.8, 4) is 5.75 Å². The highest BCUT2D eigenvalue weighted by atomic mass is 32.1. The summed E-state index contributed by atoms with van der Waals surface area (Å²) in [6, 6.07) is 27.1. The van der Waals surface area contributed by atoms with Gasteiger partial charge in [-0.2, -0.15) is 0 Å². The number of nitrogens with zero attached hydrogens (tertiary/aromatic N) is 2. The van der Waals surface area contributed by atoms with Crippen molar-refractivity contribution >= 4 is 40.3 Å². The van der Waals surface area contributed by atoms with Crippen LogP contribution in [0, 0.1) is 5.92 Å². The fraction of sp³-hybridized carbons (Fsp3) is 0.286. The van der Waals surface area contributed by atoms with Gasteiger partial charge in [0.25, 0.3) is 11.5 Å². The van der Waals surface area contributed by atoms with E-state index in [4.69, 9.17) is 17.0 Å². The third-order valence-electron chi connectivity index (χ3n) is 8.56. The molecule has 1 amide bonds. The number of benzene rings is 3. The summed E-state index contributed by atoms with van der Waals surface area (Å²) in [5.41, 5.74) is 6.56. The molecule has 0 radical (unpaired) electrons. The van der Waals surface area contributed by atoms with Gasteiger partial charge in [0.05, 0.1) is 18.5 Å². The molecule has 4 aromatic rings. The van der Waals surface area contributed by atoms with Gasteiger partial charge in [-0.3, -0.25) is 9.59 Å². The summed E-state index contributed by atoms with van der Waals surface area (Å²) in [5.74, 6) is 1.20. The number of piperidine rings is 1. The number of rotatable bonds is 8. The second-order valence-electron chi connectivity index (χ2n) is 11.5. The molecule has 0 aliphatic carbocycles. The zero-order valence-electron chi connectivity index (χ0n) is 25.0. The number of hydrogen-bond acceptors (Lipinski definition) is 5. The number of pyridine rings is 1. The van der Waals surface area contributed by atoms with Gasteiger partial charge in [0.15, 0.2) is 5.11 Å². The first-order valence-electron chi connectivity index (χ1n) is 15.1. The Bertz CT molecular complexity index is 1720. The van der Waals surface area contributed by atoms with Crippen molar-refractivity contribution < 1.29 is 9.53 Å². The van der Waals surface area contributed by atoms with E-state index in [0.29, 0.717) is 29.7 Å². The van der Waals surface area contributed by atoms with Crippen LogP contribution < -0.4 is 31.1 Å². The normalized spacial score (nSPS) is 16.9. The van der Waals surface area contributed by atoms with Crippen molar-refractivity contribution in [2.75, 3.05) is 35.7 Å². The van der Waals surface area contributed by atoms with Crippen LogP contribution in [0.15, 0.2) is 89.7 Å². The zero-order chi connectivity index (χ0) is 30.6. The number of hydrogen-bond donors (Lipinski definition) is 3. The maximum Gasteiger partial charge on any atom is 0.251 e. The quantitative estimate of drug-likeness (QED) is 0.219. The molecule has 0 spiro atoms. The number of ether oxygens (including phenoxy) is 1. The first-order valence-corrected chi connectivity index (χ1v) is 15.5. The van der Waals surface area contributed by atoms with Crippen LogP contribution in [-0.2, 0) is 19.5 Å². The first kappa shape index (κ1) is 29.4. The highest BCUT2D eigenvalue weighted by Crippen LogP contribution is 2.39. The highest BCUT2D eigenvalue weighted by molar-refractivity contribution is 7.80. The maximum atomic E-state index is 13.3. The van der Waals surface area contributed by atoms with Crippen LogP contribution in [0.5, 0.6) is 5.75 Å². The molecule has 3 N–H and O–H groups in total. The van der Waals surface area contributed by atoms with E-state index in [2.05, 4.69) is 46.0 Å². The minimum atomic E-state index is -0.173. The van der Waals surface area contributed by atoms with Crippen LogP contribution >= 0.6 is 12.2 Å². The number of anilines is 3. The third-order valence-corrected chi connectivity index (χ3v) is 8.76. The molecule has 9 heteroatoms. The van der Waals surface area contributed by atoms with Crippen molar-refractivity contribution in [1.82, 2.24) is 9.88 Å². The number of amides is 1. The average molecular weight is 608 g/mol. The van der Waals surface area contributed by atoms with Gasteiger partial charge in [-0.05, 0) is 90.6 Å². The Morgan fingerprint density at radius 2 is 1.70 bits per heavy atom. The molecule has 226 valence electrons. The minimum Gasteiger partial charge on any atom is -0.497 e. The molecule has 2 unspecified atom stereocenters. The summed E-state index contributed by atoms with van der Waals surface area (Å²) in [4.78, 5) is 28.2. The van der Waals surface area contributed by atoms with Gasteiger partial charge < -0.3 is 30.2 Å². The molecule has 3 aromatic carbocycles. The average Bonchev–Trinajstić information content (AvgIpc) is 3.04. The molecule has 44 heavy (non-hydrogen) atoms. The summed E-state index contributed by atoms with van der Waals surface area (Å²) in [5, 5.41) is 10.2. The van der Waals surface area contributed by atoms with E-state index >= 15 is 0 Å². The van der Waals surface area contributed by atoms with Gasteiger partial charge in [-0.1, -0.05) is 37.3 Å². The molecule has 1 saturated heterocycles. The Morgan fingerprint density at radius 1 is 0.932 bits per heavy atom. The minimum absolute atomic E-state index is 0.0707. The van der Waals surface area contributed by atoms with Crippen LogP contribution in [0.1, 0.15) is 46.4 Å². The Balaban J connectivity index is 1.24. The van der Waals surface area contributed by atoms with Crippen LogP contribution in [0.2, 0.25) is 0 Å². The van der Waals surface area contributed by atoms with Crippen molar-refractivity contribution in [2.24, 2.45) is 5.92 Å². The van der Waals surface area contributed by atoms with Crippen LogP contribution in [0.25, 0.3) is 0 Å². The predicted octanol–water partition coefficient (Wildman–Crippen LogP) is 5.78. The number of thiocarbonyl (C=S) groups is 1. The molecule has 8 nitrogen and oxygen atoms in total. The Morgan fingerprint density at radius 3 is 2.45 bits per heavy atom. The molecule has 2 atom stereocenters. The van der Waals surface area contributed by atoms with E-state index in [-0.39, 0.29) is 17.4 Å². The Kier molecular flexibility index (Phi) is 8.65. The predicted molar refractivity (Wildman–Crippen MR) is 180 cm³/mol. The Labute approximate surface area is 263 Å². The fourth-order valence-electron chi connectivity index (χ4n) is 6.28. The highest BCUT2D eigenvalue weighted by Gasteiger charge is 2.35. The monoisotopic (exact) mass is 607 g/mol. The summed E-state index contributed by atoms with van der Waals surface area (Å²) >= 11 is 5.74. The molecule has 2 aliphatic rings. The second kappa shape index (κ2) is 12.9. The summed E-state index contributed by atoms with van der Waals surface area (Å²) in [6.07, 6.45) is 2.03. The van der Waals surface area contributed by atoms with E-state index < -0.39 is 0 Å². The number of carbonyl (C=O) groups is 1. The molecule has 2 bridgehead atoms. The number of fused-ring (bicyclic) bond motifs is 4. The number of methoxy groups -OCH3 is 1. The number of aryl methyl sites for hydroxylation is 1. The van der Waals surface area contributed by atoms with Gasteiger partial charge in [0, 0.05) is 55.1 Å². The van der Waals surface area contributed by atoms with Crippen molar-refractivity contribution in [2.45, 2.75) is 38.8 Å². The SMILES string of the molecule is CCc1ccc(NC(=S)Nc2cc(C(=O)NCc3ccc(OC)cc3)ccc2N2CC3CC(C2)c2cccc(=O)n2C3)cc1. The molecule has 6 rings (SSSR count). The molecular weight excluding hydrogens is 570 g/mol. The molecule has 3 heterocycles. The van der Waals surface area contributed by atoms with Gasteiger partial charge in [0.2, 0.25) is 0 Å². The largest absolute Gasteiger partial charge is 0.497 e. The van der Waals surface area contributed by atoms with Crippen LogP contribution in [-0.4, -0.2) is 35.8 Å². The lowest BCUT2D eigenvalue weighted by atomic mass is 9.83. The van der Waals surface area contributed by atoms with E-state index in [0.717, 1.165) is 60.0 Å². The van der Waals surface area contributed by atoms with Crippen LogP contribution in [0.3, 0.4) is 0 Å². The molecular formula is C35H37N5O3S. The van der Waals surface area contributed by atoms with Gasteiger partial charge in [-0.15, -0.1) is 0 Å². The second-order valence-corrected chi connectivity index (χ2v) is 11.9.